The molecule has 6 nitrogen and oxygen atoms in total. The highest BCUT2D eigenvalue weighted by atomic mass is 35.5. The molecule has 0 saturated heterocycles. The molecule has 0 spiro atoms. The van der Waals surface area contributed by atoms with Crippen LogP contribution in [0.25, 0.3) is 0 Å². The monoisotopic (exact) mass is 480 g/mol. The van der Waals surface area contributed by atoms with Crippen molar-refractivity contribution in [1.29, 1.82) is 0 Å². The van der Waals surface area contributed by atoms with Crippen LogP contribution in [-0.2, 0) is 19.1 Å². The fourth-order valence-electron chi connectivity index (χ4n) is 7.73. The van der Waals surface area contributed by atoms with Crippen molar-refractivity contribution < 1.29 is 29.3 Å². The zero-order valence-corrected chi connectivity index (χ0v) is 21.0. The van der Waals surface area contributed by atoms with Gasteiger partial charge >= 0.3 is 0 Å². The summed E-state index contributed by atoms with van der Waals surface area (Å²) in [7, 11) is 0. The molecule has 184 valence electrons. The van der Waals surface area contributed by atoms with Gasteiger partial charge in [0.05, 0.1) is 11.0 Å². The maximum absolute atomic E-state index is 13.4. The van der Waals surface area contributed by atoms with Crippen molar-refractivity contribution in [2.24, 2.45) is 28.6 Å². The number of aliphatic hydroxyl groups is 2. The summed E-state index contributed by atoms with van der Waals surface area (Å²) in [6.45, 7) is 9.65. The summed E-state index contributed by atoms with van der Waals surface area (Å²) in [5.74, 6) is -0.874. The molecule has 0 heterocycles. The Morgan fingerprint density at radius 1 is 1.30 bits per heavy atom. The van der Waals surface area contributed by atoms with Crippen LogP contribution in [-0.4, -0.2) is 57.9 Å². The molecule has 2 N–H and O–H groups in total. The molecule has 0 aliphatic heterocycles. The molecule has 9 atom stereocenters. The second-order valence-electron chi connectivity index (χ2n) is 10.9. The average molecular weight is 481 g/mol. The van der Waals surface area contributed by atoms with Gasteiger partial charge < -0.3 is 19.7 Å². The van der Waals surface area contributed by atoms with E-state index in [1.807, 2.05) is 33.8 Å². The molecule has 0 radical (unpaired) electrons. The molecule has 4 aliphatic carbocycles. The van der Waals surface area contributed by atoms with Gasteiger partial charge in [0.1, 0.15) is 12.2 Å². The van der Waals surface area contributed by atoms with Crippen molar-refractivity contribution in [3.8, 4) is 0 Å². The summed E-state index contributed by atoms with van der Waals surface area (Å²) in [6, 6.07) is 0. The molecule has 0 amide bonds. The lowest BCUT2D eigenvalue weighted by Gasteiger charge is -2.63. The van der Waals surface area contributed by atoms with E-state index in [1.54, 1.807) is 19.1 Å². The number of ketones is 2. The van der Waals surface area contributed by atoms with Gasteiger partial charge in [0, 0.05) is 17.4 Å². The highest BCUT2D eigenvalue weighted by Gasteiger charge is 2.74. The van der Waals surface area contributed by atoms with E-state index in [4.69, 9.17) is 21.1 Å². The predicted octanol–water partition coefficient (Wildman–Crippen LogP) is 3.57. The SMILES string of the molecule is CCOC(C)OCC(=O)[C@@]1(O)[C@@H](C)C[C@H]2[C@@H]3CCC4=CC(=O)C=C[C@]4(C)[C@@]3(Cl)[C@@H](O)C[C@@]21C. The Kier molecular flexibility index (Phi) is 6.28. The summed E-state index contributed by atoms with van der Waals surface area (Å²) in [5.41, 5.74) is -2.16. The first kappa shape index (κ1) is 25.1. The smallest absolute Gasteiger partial charge is 0.190 e. The van der Waals surface area contributed by atoms with E-state index >= 15 is 0 Å². The number of fused-ring (bicyclic) bond motifs is 5. The normalized spacial score (nSPS) is 47.4. The number of alkyl halides is 1. The van der Waals surface area contributed by atoms with Crippen molar-refractivity contribution >= 4 is 23.2 Å². The lowest BCUT2D eigenvalue weighted by atomic mass is 9.45. The molecule has 33 heavy (non-hydrogen) atoms. The van der Waals surface area contributed by atoms with Crippen molar-refractivity contribution in [3.63, 3.8) is 0 Å². The molecule has 0 aromatic rings. The maximum atomic E-state index is 13.4. The predicted molar refractivity (Wildman–Crippen MR) is 125 cm³/mol. The number of Topliss-reactive ketones (excluding diaryl/α,β-unsaturated/α-hetero) is 1. The van der Waals surface area contributed by atoms with Gasteiger partial charge in [0.15, 0.2) is 17.9 Å². The standard InChI is InChI=1S/C26H37ClO6/c1-6-32-16(3)33-14-22(30)26(31)15(2)11-20-19-8-7-17-12-18(28)9-10-23(17,4)25(19,27)21(29)13-24(20,26)5/h9-10,12,15-16,19-21,29,31H,6-8,11,13-14H2,1-5H3/t15-,16?,19-,20-,21-,23-,24-,25-,26-/m0/s1. The van der Waals surface area contributed by atoms with Crippen LogP contribution in [0.3, 0.4) is 0 Å². The quantitative estimate of drug-likeness (QED) is 0.446. The van der Waals surface area contributed by atoms with E-state index < -0.39 is 33.7 Å². The Bertz CT molecular complexity index is 899. The summed E-state index contributed by atoms with van der Waals surface area (Å²) in [5, 5.41) is 23.5. The van der Waals surface area contributed by atoms with Crippen molar-refractivity contribution in [3.05, 3.63) is 23.8 Å². The summed E-state index contributed by atoms with van der Waals surface area (Å²) < 4.78 is 10.9. The second kappa shape index (κ2) is 8.27. The molecule has 4 aliphatic rings. The number of hydrogen-bond donors (Lipinski definition) is 2. The van der Waals surface area contributed by atoms with E-state index in [1.165, 1.54) is 0 Å². The molecular formula is C26H37ClO6. The molecule has 3 fully saturated rings. The zero-order chi connectivity index (χ0) is 24.4. The van der Waals surface area contributed by atoms with Gasteiger partial charge in [-0.2, -0.15) is 0 Å². The van der Waals surface area contributed by atoms with Crippen LogP contribution in [0.15, 0.2) is 23.8 Å². The minimum Gasteiger partial charge on any atom is -0.391 e. The van der Waals surface area contributed by atoms with Gasteiger partial charge in [0.2, 0.25) is 0 Å². The Hall–Kier alpha value is -1.05. The number of hydrogen-bond acceptors (Lipinski definition) is 6. The molecule has 0 bridgehead atoms. The fourth-order valence-corrected chi connectivity index (χ4v) is 8.25. The first-order valence-corrected chi connectivity index (χ1v) is 12.5. The highest BCUT2D eigenvalue weighted by molar-refractivity contribution is 6.26. The minimum absolute atomic E-state index is 0.0453. The van der Waals surface area contributed by atoms with E-state index in [0.29, 0.717) is 25.9 Å². The minimum atomic E-state index is -1.63. The number of carbonyl (C=O) groups excluding carboxylic acids is 2. The van der Waals surface area contributed by atoms with Gasteiger partial charge in [-0.3, -0.25) is 9.59 Å². The largest absolute Gasteiger partial charge is 0.391 e. The van der Waals surface area contributed by atoms with E-state index in [9.17, 15) is 19.8 Å². The number of allylic oxidation sites excluding steroid dienone is 4. The Labute approximate surface area is 201 Å². The number of rotatable bonds is 6. The molecular weight excluding hydrogens is 444 g/mol. The van der Waals surface area contributed by atoms with Crippen LogP contribution in [0.5, 0.6) is 0 Å². The van der Waals surface area contributed by atoms with Gasteiger partial charge in [-0.1, -0.05) is 32.4 Å². The third-order valence-corrected chi connectivity index (χ3v) is 10.4. The molecule has 0 aromatic heterocycles. The van der Waals surface area contributed by atoms with E-state index in [2.05, 4.69) is 0 Å². The number of aliphatic hydroxyl groups excluding tert-OH is 1. The molecule has 3 saturated carbocycles. The van der Waals surface area contributed by atoms with Crippen LogP contribution in [0, 0.1) is 28.6 Å². The van der Waals surface area contributed by atoms with Crippen LogP contribution >= 0.6 is 11.6 Å². The molecule has 1 unspecified atom stereocenters. The van der Waals surface area contributed by atoms with Crippen molar-refractivity contribution in [2.75, 3.05) is 13.2 Å². The van der Waals surface area contributed by atoms with Crippen LogP contribution in [0.4, 0.5) is 0 Å². The third-order valence-electron chi connectivity index (χ3n) is 9.50. The summed E-state index contributed by atoms with van der Waals surface area (Å²) >= 11 is 7.42. The van der Waals surface area contributed by atoms with E-state index in [0.717, 1.165) is 5.57 Å². The van der Waals surface area contributed by atoms with E-state index in [-0.39, 0.29) is 42.3 Å². The van der Waals surface area contributed by atoms with Gasteiger partial charge in [0.25, 0.3) is 0 Å². The van der Waals surface area contributed by atoms with Gasteiger partial charge in [-0.15, -0.1) is 11.6 Å². The topological polar surface area (TPSA) is 93.1 Å². The lowest BCUT2D eigenvalue weighted by Crippen LogP contribution is -2.69. The Morgan fingerprint density at radius 3 is 2.67 bits per heavy atom. The molecule has 0 aromatic carbocycles. The number of halogens is 1. The first-order valence-electron chi connectivity index (χ1n) is 12.2. The average Bonchev–Trinajstić information content (AvgIpc) is 2.95. The van der Waals surface area contributed by atoms with Gasteiger partial charge in [-0.05, 0) is 69.4 Å². The van der Waals surface area contributed by atoms with Crippen molar-refractivity contribution in [2.45, 2.75) is 83.2 Å². The molecule has 7 heteroatoms. The lowest BCUT2D eigenvalue weighted by molar-refractivity contribution is -0.189. The maximum Gasteiger partial charge on any atom is 0.190 e. The number of carbonyl (C=O) groups is 2. The zero-order valence-electron chi connectivity index (χ0n) is 20.3. The second-order valence-corrected chi connectivity index (χ2v) is 11.6. The Morgan fingerprint density at radius 2 is 2.00 bits per heavy atom. The summed E-state index contributed by atoms with van der Waals surface area (Å²) in [6.07, 6.45) is 5.83. The fraction of sp³-hybridized carbons (Fsp3) is 0.769. The third kappa shape index (κ3) is 3.28. The highest BCUT2D eigenvalue weighted by Crippen LogP contribution is 2.71. The summed E-state index contributed by atoms with van der Waals surface area (Å²) in [4.78, 5) is 24.4. The van der Waals surface area contributed by atoms with Gasteiger partial charge in [-0.25, -0.2) is 0 Å². The Balaban J connectivity index is 1.68. The van der Waals surface area contributed by atoms with Crippen LogP contribution in [0.1, 0.15) is 60.3 Å². The number of ether oxygens (including phenoxy) is 2. The van der Waals surface area contributed by atoms with Crippen molar-refractivity contribution in [1.82, 2.24) is 0 Å². The van der Waals surface area contributed by atoms with Crippen LogP contribution in [0.2, 0.25) is 0 Å². The van der Waals surface area contributed by atoms with Crippen LogP contribution < -0.4 is 0 Å². The first-order chi connectivity index (χ1) is 15.4. The molecule has 4 rings (SSSR count).